The lowest BCUT2D eigenvalue weighted by Crippen LogP contribution is -2.39. The average molecular weight is 446 g/mol. The molecule has 0 aliphatic carbocycles. The highest BCUT2D eigenvalue weighted by Gasteiger charge is 2.11. The number of benzene rings is 1. The van der Waals surface area contributed by atoms with Crippen molar-refractivity contribution in [3.05, 3.63) is 59.7 Å². The minimum atomic E-state index is -0.253. The van der Waals surface area contributed by atoms with Crippen molar-refractivity contribution in [3.63, 3.8) is 0 Å². The molecule has 24 heavy (non-hydrogen) atoms. The van der Waals surface area contributed by atoms with E-state index in [1.165, 1.54) is 17.7 Å². The fourth-order valence-electron chi connectivity index (χ4n) is 2.28. The van der Waals surface area contributed by atoms with Gasteiger partial charge >= 0.3 is 0 Å². The van der Waals surface area contributed by atoms with Crippen LogP contribution in [0.5, 0.6) is 0 Å². The van der Waals surface area contributed by atoms with Crippen molar-refractivity contribution < 1.29 is 9.13 Å². The maximum Gasteiger partial charge on any atom is 0.191 e. The first-order chi connectivity index (χ1) is 11.1. The number of methoxy groups -OCH3 is 1. The summed E-state index contributed by atoms with van der Waals surface area (Å²) in [5.74, 6) is 0.440. The molecule has 0 bridgehead atoms. The van der Waals surface area contributed by atoms with Crippen LogP contribution in [0.25, 0.3) is 0 Å². The number of nitrogens with zero attached hydrogens (tertiary/aromatic N) is 2. The number of halogens is 2. The Morgan fingerprint density at radius 1 is 1.25 bits per heavy atom. The summed E-state index contributed by atoms with van der Waals surface area (Å²) in [4.78, 5) is 4.20. The van der Waals surface area contributed by atoms with Crippen molar-refractivity contribution >= 4 is 29.9 Å². The molecule has 7 heteroatoms. The van der Waals surface area contributed by atoms with E-state index in [0.717, 1.165) is 5.56 Å². The predicted octanol–water partition coefficient (Wildman–Crippen LogP) is 2.83. The fraction of sp³-hybridized carbons (Fsp3) is 0.353. The van der Waals surface area contributed by atoms with Crippen LogP contribution >= 0.6 is 24.0 Å². The third-order valence-corrected chi connectivity index (χ3v) is 3.56. The molecule has 1 unspecified atom stereocenters. The second kappa shape index (κ2) is 10.3. The summed E-state index contributed by atoms with van der Waals surface area (Å²) in [6.45, 7) is 1.23. The molecule has 2 rings (SSSR count). The van der Waals surface area contributed by atoms with Gasteiger partial charge in [0.2, 0.25) is 0 Å². The Labute approximate surface area is 159 Å². The van der Waals surface area contributed by atoms with E-state index in [1.807, 2.05) is 17.8 Å². The molecule has 2 aromatic rings. The van der Waals surface area contributed by atoms with Gasteiger partial charge in [-0.1, -0.05) is 12.1 Å². The highest BCUT2D eigenvalue weighted by Crippen LogP contribution is 2.16. The van der Waals surface area contributed by atoms with Gasteiger partial charge in [0, 0.05) is 46.7 Å². The molecule has 0 aliphatic rings. The first kappa shape index (κ1) is 20.4. The molecule has 1 atom stereocenters. The molecule has 5 nitrogen and oxygen atoms in total. The second-order valence-electron chi connectivity index (χ2n) is 5.27. The molecule has 132 valence electrons. The molecular formula is C17H24FIN4O. The minimum Gasteiger partial charge on any atom is -0.375 e. The fourth-order valence-corrected chi connectivity index (χ4v) is 2.28. The Hall–Kier alpha value is -1.61. The van der Waals surface area contributed by atoms with Crippen molar-refractivity contribution in [1.82, 2.24) is 15.2 Å². The van der Waals surface area contributed by atoms with Gasteiger partial charge in [-0.2, -0.15) is 0 Å². The molecule has 0 saturated carbocycles. The molecule has 0 amide bonds. The zero-order valence-corrected chi connectivity index (χ0v) is 16.5. The average Bonchev–Trinajstić information content (AvgIpc) is 2.97. The van der Waals surface area contributed by atoms with Crippen LogP contribution in [-0.2, 0) is 18.3 Å². The van der Waals surface area contributed by atoms with Crippen LogP contribution in [-0.4, -0.2) is 31.2 Å². The number of hydrogen-bond acceptors (Lipinski definition) is 2. The smallest absolute Gasteiger partial charge is 0.191 e. The maximum atomic E-state index is 13.0. The van der Waals surface area contributed by atoms with Crippen molar-refractivity contribution in [2.24, 2.45) is 12.0 Å². The summed E-state index contributed by atoms with van der Waals surface area (Å²) in [5.41, 5.74) is 2.09. The van der Waals surface area contributed by atoms with Gasteiger partial charge in [0.25, 0.3) is 0 Å². The van der Waals surface area contributed by atoms with Gasteiger partial charge in [0.05, 0.1) is 6.10 Å². The first-order valence-corrected chi connectivity index (χ1v) is 7.46. The van der Waals surface area contributed by atoms with E-state index in [4.69, 9.17) is 4.74 Å². The van der Waals surface area contributed by atoms with Crippen LogP contribution < -0.4 is 10.6 Å². The summed E-state index contributed by atoms with van der Waals surface area (Å²) < 4.78 is 20.5. The van der Waals surface area contributed by atoms with Gasteiger partial charge in [-0.05, 0) is 29.3 Å². The number of aryl methyl sites for hydroxylation is 1. The summed E-state index contributed by atoms with van der Waals surface area (Å²) in [6.07, 6.45) is 3.88. The van der Waals surface area contributed by atoms with Gasteiger partial charge in [0.1, 0.15) is 5.82 Å². The number of nitrogens with one attached hydrogen (secondary N) is 2. The largest absolute Gasteiger partial charge is 0.375 e. The van der Waals surface area contributed by atoms with E-state index < -0.39 is 0 Å². The highest BCUT2D eigenvalue weighted by molar-refractivity contribution is 14.0. The zero-order chi connectivity index (χ0) is 16.7. The summed E-state index contributed by atoms with van der Waals surface area (Å²) in [7, 11) is 5.35. The summed E-state index contributed by atoms with van der Waals surface area (Å²) in [6, 6.07) is 8.38. The van der Waals surface area contributed by atoms with E-state index in [-0.39, 0.29) is 35.9 Å². The molecule has 0 spiro atoms. The van der Waals surface area contributed by atoms with Crippen LogP contribution in [0.4, 0.5) is 4.39 Å². The Balaban J connectivity index is 0.00000288. The number of rotatable bonds is 6. The van der Waals surface area contributed by atoms with Crippen LogP contribution in [0.2, 0.25) is 0 Å². The number of guanidine groups is 1. The van der Waals surface area contributed by atoms with E-state index in [0.29, 0.717) is 19.0 Å². The van der Waals surface area contributed by atoms with E-state index in [2.05, 4.69) is 27.9 Å². The molecule has 1 aromatic heterocycles. The number of ether oxygens (including phenoxy) is 1. The molecular weight excluding hydrogens is 422 g/mol. The maximum absolute atomic E-state index is 13.0. The SMILES string of the molecule is CN=C(NCc1ccn(C)c1)NCC(OC)c1ccc(F)cc1.I. The normalized spacial score (nSPS) is 12.4. The van der Waals surface area contributed by atoms with Gasteiger partial charge in [-0.3, -0.25) is 4.99 Å². The highest BCUT2D eigenvalue weighted by atomic mass is 127. The zero-order valence-electron chi connectivity index (χ0n) is 14.1. The lowest BCUT2D eigenvalue weighted by molar-refractivity contribution is 0.106. The summed E-state index contributed by atoms with van der Waals surface area (Å²) in [5, 5.41) is 6.47. The molecule has 0 aliphatic heterocycles. The second-order valence-corrected chi connectivity index (χ2v) is 5.27. The van der Waals surface area contributed by atoms with Crippen molar-refractivity contribution in [2.45, 2.75) is 12.6 Å². The van der Waals surface area contributed by atoms with Crippen molar-refractivity contribution in [1.29, 1.82) is 0 Å². The Morgan fingerprint density at radius 3 is 2.50 bits per heavy atom. The van der Waals surface area contributed by atoms with Crippen molar-refractivity contribution in [3.8, 4) is 0 Å². The Bertz CT molecular complexity index is 642. The van der Waals surface area contributed by atoms with Gasteiger partial charge in [-0.15, -0.1) is 24.0 Å². The van der Waals surface area contributed by atoms with Gasteiger partial charge in [-0.25, -0.2) is 4.39 Å². The summed E-state index contributed by atoms with van der Waals surface area (Å²) >= 11 is 0. The molecule has 0 fully saturated rings. The van der Waals surface area contributed by atoms with Crippen LogP contribution in [0, 0.1) is 5.82 Å². The lowest BCUT2D eigenvalue weighted by Gasteiger charge is -2.18. The molecule has 1 heterocycles. The van der Waals surface area contributed by atoms with Gasteiger partial charge < -0.3 is 19.9 Å². The topological polar surface area (TPSA) is 50.6 Å². The van der Waals surface area contributed by atoms with E-state index in [9.17, 15) is 4.39 Å². The van der Waals surface area contributed by atoms with Crippen molar-refractivity contribution in [2.75, 3.05) is 20.7 Å². The number of aliphatic imine (C=N–C) groups is 1. The predicted molar refractivity (Wildman–Crippen MR) is 105 cm³/mol. The Morgan fingerprint density at radius 2 is 1.96 bits per heavy atom. The standard InChI is InChI=1S/C17H23FN4O.HI/c1-19-17(20-10-13-8-9-22(2)12-13)21-11-16(23-3)14-4-6-15(18)7-5-14;/h4-9,12,16H,10-11H2,1-3H3,(H2,19,20,21);1H. The monoisotopic (exact) mass is 446 g/mol. The van der Waals surface area contributed by atoms with Crippen LogP contribution in [0.3, 0.4) is 0 Å². The van der Waals surface area contributed by atoms with Crippen LogP contribution in [0.1, 0.15) is 17.2 Å². The molecule has 0 radical (unpaired) electrons. The Kier molecular flexibility index (Phi) is 8.77. The number of hydrogen-bond donors (Lipinski definition) is 2. The minimum absolute atomic E-state index is 0. The molecule has 0 saturated heterocycles. The lowest BCUT2D eigenvalue weighted by atomic mass is 10.1. The molecule has 1 aromatic carbocycles. The van der Waals surface area contributed by atoms with Gasteiger partial charge in [0.15, 0.2) is 5.96 Å². The molecule has 2 N–H and O–H groups in total. The van der Waals surface area contributed by atoms with Crippen LogP contribution in [0.15, 0.2) is 47.7 Å². The van der Waals surface area contributed by atoms with E-state index in [1.54, 1.807) is 26.3 Å². The first-order valence-electron chi connectivity index (χ1n) is 7.46. The van der Waals surface area contributed by atoms with E-state index >= 15 is 0 Å². The number of aromatic nitrogens is 1. The quantitative estimate of drug-likeness (QED) is 0.408. The third-order valence-electron chi connectivity index (χ3n) is 3.56. The third kappa shape index (κ3) is 6.12.